The van der Waals surface area contributed by atoms with Crippen molar-refractivity contribution in [2.75, 3.05) is 13.7 Å². The maximum atomic E-state index is 13.3. The highest BCUT2D eigenvalue weighted by atomic mass is 35.5. The SMILES string of the molecule is CO/N=C1/C[C@@H](c2nc(C)no2)N(C(=O)c2ccc(-c3ccc(F)cc3Cl)cc2)C1. The number of carbonyl (C=O) groups is 1. The molecule has 0 bridgehead atoms. The van der Waals surface area contributed by atoms with Gasteiger partial charge in [-0.3, -0.25) is 4.79 Å². The van der Waals surface area contributed by atoms with Crippen LogP contribution < -0.4 is 0 Å². The first-order valence-corrected chi connectivity index (χ1v) is 9.59. The van der Waals surface area contributed by atoms with Gasteiger partial charge in [0.2, 0.25) is 5.89 Å². The molecule has 3 aromatic rings. The van der Waals surface area contributed by atoms with Crippen molar-refractivity contribution in [3.8, 4) is 11.1 Å². The summed E-state index contributed by atoms with van der Waals surface area (Å²) in [7, 11) is 1.46. The van der Waals surface area contributed by atoms with Gasteiger partial charge < -0.3 is 14.3 Å². The van der Waals surface area contributed by atoms with Gasteiger partial charge in [-0.25, -0.2) is 4.39 Å². The zero-order chi connectivity index (χ0) is 21.3. The molecular weight excluding hydrogens is 411 g/mol. The summed E-state index contributed by atoms with van der Waals surface area (Å²) < 4.78 is 18.6. The van der Waals surface area contributed by atoms with E-state index in [1.165, 1.54) is 19.2 Å². The molecule has 2 aromatic carbocycles. The van der Waals surface area contributed by atoms with Crippen LogP contribution in [0.4, 0.5) is 4.39 Å². The maximum absolute atomic E-state index is 13.3. The Kier molecular flexibility index (Phi) is 5.50. The molecule has 1 aliphatic heterocycles. The monoisotopic (exact) mass is 428 g/mol. The number of rotatable bonds is 4. The Hall–Kier alpha value is -3.26. The summed E-state index contributed by atoms with van der Waals surface area (Å²) >= 11 is 6.14. The maximum Gasteiger partial charge on any atom is 0.254 e. The quantitative estimate of drug-likeness (QED) is 0.574. The lowest BCUT2D eigenvalue weighted by Crippen LogP contribution is -2.31. The van der Waals surface area contributed by atoms with Crippen LogP contribution in [0.25, 0.3) is 11.1 Å². The van der Waals surface area contributed by atoms with Crippen molar-refractivity contribution >= 4 is 23.2 Å². The van der Waals surface area contributed by atoms with E-state index in [2.05, 4.69) is 15.3 Å². The summed E-state index contributed by atoms with van der Waals surface area (Å²) in [6.07, 6.45) is 0.449. The van der Waals surface area contributed by atoms with Gasteiger partial charge in [0.1, 0.15) is 19.0 Å². The number of carbonyl (C=O) groups excluding carboxylic acids is 1. The molecule has 154 valence electrons. The highest BCUT2D eigenvalue weighted by Gasteiger charge is 2.38. The molecule has 1 amide bonds. The third-order valence-corrected chi connectivity index (χ3v) is 5.15. The second-order valence-corrected chi connectivity index (χ2v) is 7.28. The average molecular weight is 429 g/mol. The number of halogens is 2. The standard InChI is InChI=1S/C21H18ClFN4O3/c1-12-24-20(30-25-12)19-10-16(26-29-2)11-27(19)21(28)14-5-3-13(4-6-14)17-8-7-15(23)9-18(17)22/h3-9,19H,10-11H2,1-2H3/b26-16-/t19-/m0/s1. The number of aromatic nitrogens is 2. The predicted molar refractivity (Wildman–Crippen MR) is 109 cm³/mol. The number of likely N-dealkylation sites (tertiary alicyclic amines) is 1. The first-order chi connectivity index (χ1) is 14.5. The van der Waals surface area contributed by atoms with E-state index < -0.39 is 11.9 Å². The van der Waals surface area contributed by atoms with Gasteiger partial charge in [0.05, 0.1) is 17.3 Å². The Morgan fingerprint density at radius 2 is 2.07 bits per heavy atom. The number of nitrogens with zero attached hydrogens (tertiary/aromatic N) is 4. The number of amides is 1. The molecule has 0 radical (unpaired) electrons. The zero-order valence-electron chi connectivity index (χ0n) is 16.3. The van der Waals surface area contributed by atoms with Crippen molar-refractivity contribution in [1.82, 2.24) is 15.0 Å². The van der Waals surface area contributed by atoms with Gasteiger partial charge in [0, 0.05) is 17.5 Å². The van der Waals surface area contributed by atoms with E-state index in [0.29, 0.717) is 46.5 Å². The Morgan fingerprint density at radius 3 is 2.70 bits per heavy atom. The van der Waals surface area contributed by atoms with E-state index in [1.807, 2.05) is 0 Å². The zero-order valence-corrected chi connectivity index (χ0v) is 17.1. The van der Waals surface area contributed by atoms with E-state index in [9.17, 15) is 9.18 Å². The molecule has 0 spiro atoms. The van der Waals surface area contributed by atoms with Crippen LogP contribution in [-0.4, -0.2) is 40.3 Å². The lowest BCUT2D eigenvalue weighted by atomic mass is 10.0. The van der Waals surface area contributed by atoms with Crippen LogP contribution in [0.15, 0.2) is 52.1 Å². The Bertz CT molecular complexity index is 1110. The van der Waals surface area contributed by atoms with Crippen molar-refractivity contribution in [3.05, 3.63) is 70.6 Å². The van der Waals surface area contributed by atoms with Crippen molar-refractivity contribution < 1.29 is 18.5 Å². The Labute approximate surface area is 177 Å². The molecule has 9 heteroatoms. The second kappa shape index (κ2) is 8.23. The number of aryl methyl sites for hydroxylation is 1. The van der Waals surface area contributed by atoms with Gasteiger partial charge in [-0.05, 0) is 42.8 Å². The fourth-order valence-corrected chi connectivity index (χ4v) is 3.74. The predicted octanol–water partition coefficient (Wildman–Crippen LogP) is 4.43. The molecule has 0 aliphatic carbocycles. The topological polar surface area (TPSA) is 80.8 Å². The van der Waals surface area contributed by atoms with Crippen molar-refractivity contribution in [1.29, 1.82) is 0 Å². The third-order valence-electron chi connectivity index (χ3n) is 4.84. The van der Waals surface area contributed by atoms with E-state index in [4.69, 9.17) is 21.0 Å². The summed E-state index contributed by atoms with van der Waals surface area (Å²) in [4.78, 5) is 24.0. The minimum absolute atomic E-state index is 0.200. The van der Waals surface area contributed by atoms with Gasteiger partial charge in [0.25, 0.3) is 5.91 Å². The summed E-state index contributed by atoms with van der Waals surface area (Å²) in [5.41, 5.74) is 2.66. The lowest BCUT2D eigenvalue weighted by molar-refractivity contribution is 0.0713. The molecule has 30 heavy (non-hydrogen) atoms. The first-order valence-electron chi connectivity index (χ1n) is 9.22. The molecule has 7 nitrogen and oxygen atoms in total. The van der Waals surface area contributed by atoms with Crippen molar-refractivity contribution in [2.45, 2.75) is 19.4 Å². The molecule has 1 aromatic heterocycles. The molecular formula is C21H18ClFN4O3. The largest absolute Gasteiger partial charge is 0.399 e. The van der Waals surface area contributed by atoms with Crippen LogP contribution in [0.5, 0.6) is 0 Å². The minimum Gasteiger partial charge on any atom is -0.399 e. The summed E-state index contributed by atoms with van der Waals surface area (Å²) in [6, 6.07) is 10.8. The Balaban J connectivity index is 1.61. The van der Waals surface area contributed by atoms with Gasteiger partial charge >= 0.3 is 0 Å². The summed E-state index contributed by atoms with van der Waals surface area (Å²) in [6.45, 7) is 2.02. The molecule has 0 unspecified atom stereocenters. The molecule has 0 saturated carbocycles. The highest BCUT2D eigenvalue weighted by Crippen LogP contribution is 2.32. The number of hydrogen-bond acceptors (Lipinski definition) is 6. The number of oxime groups is 1. The Morgan fingerprint density at radius 1 is 1.30 bits per heavy atom. The van der Waals surface area contributed by atoms with E-state index in [0.717, 1.165) is 5.56 Å². The lowest BCUT2D eigenvalue weighted by Gasteiger charge is -2.21. The summed E-state index contributed by atoms with van der Waals surface area (Å²) in [5, 5.41) is 8.12. The van der Waals surface area contributed by atoms with Crippen LogP contribution >= 0.6 is 11.6 Å². The average Bonchev–Trinajstić information content (AvgIpc) is 3.34. The number of benzene rings is 2. The van der Waals surface area contributed by atoms with Crippen LogP contribution in [0.3, 0.4) is 0 Å². The van der Waals surface area contributed by atoms with Gasteiger partial charge in [-0.15, -0.1) is 0 Å². The van der Waals surface area contributed by atoms with Crippen molar-refractivity contribution in [3.63, 3.8) is 0 Å². The van der Waals surface area contributed by atoms with Crippen LogP contribution in [0.2, 0.25) is 5.02 Å². The number of hydrogen-bond donors (Lipinski definition) is 0. The molecule has 2 heterocycles. The van der Waals surface area contributed by atoms with E-state index in [-0.39, 0.29) is 5.91 Å². The summed E-state index contributed by atoms with van der Waals surface area (Å²) in [5.74, 6) is 0.251. The smallest absolute Gasteiger partial charge is 0.254 e. The fraction of sp³-hybridized carbons (Fsp3) is 0.238. The fourth-order valence-electron chi connectivity index (χ4n) is 3.46. The molecule has 1 aliphatic rings. The van der Waals surface area contributed by atoms with Crippen LogP contribution in [0, 0.1) is 12.7 Å². The molecule has 1 saturated heterocycles. The van der Waals surface area contributed by atoms with Gasteiger partial charge in [-0.1, -0.05) is 34.0 Å². The third kappa shape index (κ3) is 3.91. The van der Waals surface area contributed by atoms with Gasteiger partial charge in [0.15, 0.2) is 5.82 Å². The first kappa shape index (κ1) is 20.0. The van der Waals surface area contributed by atoms with E-state index >= 15 is 0 Å². The minimum atomic E-state index is -0.418. The second-order valence-electron chi connectivity index (χ2n) is 6.87. The van der Waals surface area contributed by atoms with Crippen LogP contribution in [-0.2, 0) is 4.84 Å². The molecule has 4 rings (SSSR count). The van der Waals surface area contributed by atoms with E-state index in [1.54, 1.807) is 42.2 Å². The van der Waals surface area contributed by atoms with Crippen molar-refractivity contribution in [2.24, 2.45) is 5.16 Å². The normalized spacial score (nSPS) is 17.5. The highest BCUT2D eigenvalue weighted by molar-refractivity contribution is 6.33. The molecule has 1 fully saturated rings. The van der Waals surface area contributed by atoms with Gasteiger partial charge in [-0.2, -0.15) is 4.98 Å². The molecule has 0 N–H and O–H groups in total. The van der Waals surface area contributed by atoms with Crippen LogP contribution in [0.1, 0.15) is 34.5 Å². The molecule has 1 atom stereocenters.